The van der Waals surface area contributed by atoms with E-state index in [0.29, 0.717) is 0 Å². The number of thiophene rings is 1. The van der Waals surface area contributed by atoms with Gasteiger partial charge in [-0.05, 0) is 34.5 Å². The zero-order valence-corrected chi connectivity index (χ0v) is 10.5. The van der Waals surface area contributed by atoms with Gasteiger partial charge in [0.05, 0.1) is 13.5 Å². The maximum absolute atomic E-state index is 11.5. The Balaban J connectivity index is 2.78. The number of ketones is 1. The Morgan fingerprint density at radius 2 is 2.33 bits per heavy atom. The fourth-order valence-corrected chi connectivity index (χ4v) is 2.57. The molecule has 0 bridgehead atoms. The van der Waals surface area contributed by atoms with Crippen molar-refractivity contribution in [2.45, 2.75) is 18.2 Å². The molecule has 0 spiro atoms. The molecule has 1 atom stereocenters. The fraction of sp³-hybridized carbons (Fsp3) is 0.375. The van der Waals surface area contributed by atoms with Crippen LogP contribution in [-0.2, 0) is 0 Å². The maximum Gasteiger partial charge on any atom is 0.186 e. The molecule has 0 aliphatic rings. The summed E-state index contributed by atoms with van der Waals surface area (Å²) in [5, 5.41) is 0. The number of hydrogen-bond donors (Lipinski definition) is 0. The summed E-state index contributed by atoms with van der Waals surface area (Å²) in [6.07, 6.45) is 0.828. The van der Waals surface area contributed by atoms with E-state index < -0.39 is 0 Å². The molecule has 1 unspecified atom stereocenters. The summed E-state index contributed by atoms with van der Waals surface area (Å²) in [5.74, 6) is 0.174. The van der Waals surface area contributed by atoms with E-state index in [0.717, 1.165) is 15.1 Å². The molecule has 1 heterocycles. The van der Waals surface area contributed by atoms with Crippen molar-refractivity contribution in [3.05, 3.63) is 20.8 Å². The van der Waals surface area contributed by atoms with Crippen LogP contribution in [0, 0.1) is 0 Å². The highest BCUT2D eigenvalue weighted by Gasteiger charge is 2.16. The number of hydrogen-bond acceptors (Lipinski definition) is 2. The maximum atomic E-state index is 11.5. The Bertz CT molecular complexity index is 282. The van der Waals surface area contributed by atoms with Crippen molar-refractivity contribution in [1.29, 1.82) is 0 Å². The topological polar surface area (TPSA) is 17.1 Å². The monoisotopic (exact) mass is 310 g/mol. The van der Waals surface area contributed by atoms with Gasteiger partial charge in [0.1, 0.15) is 0 Å². The highest BCUT2D eigenvalue weighted by molar-refractivity contribution is 9.11. The van der Waals surface area contributed by atoms with Crippen LogP contribution in [-0.4, -0.2) is 10.6 Å². The predicted octanol–water partition coefficient (Wildman–Crippen LogP) is 3.87. The molecule has 66 valence electrons. The van der Waals surface area contributed by atoms with Gasteiger partial charge in [-0.15, -0.1) is 11.3 Å². The summed E-state index contributed by atoms with van der Waals surface area (Å²) in [5.41, 5.74) is 0. The van der Waals surface area contributed by atoms with Crippen LogP contribution in [0.2, 0.25) is 0 Å². The second-order valence-corrected chi connectivity index (χ2v) is 5.91. The van der Waals surface area contributed by atoms with Crippen molar-refractivity contribution in [3.8, 4) is 0 Å². The predicted molar refractivity (Wildman–Crippen MR) is 59.4 cm³/mol. The summed E-state index contributed by atoms with van der Waals surface area (Å²) >= 11 is 8.13. The standard InChI is InChI=1S/C8H8Br2OS/c1-2-5(9)8(11)6-3-4-7(10)12-6/h3-5H,2H2,1H3. The van der Waals surface area contributed by atoms with E-state index in [2.05, 4.69) is 31.9 Å². The number of carbonyl (C=O) groups excluding carboxylic acids is 1. The van der Waals surface area contributed by atoms with Gasteiger partial charge in [-0.2, -0.15) is 0 Å². The Morgan fingerprint density at radius 1 is 1.67 bits per heavy atom. The van der Waals surface area contributed by atoms with Gasteiger partial charge in [-0.3, -0.25) is 4.79 Å². The summed E-state index contributed by atoms with van der Waals surface area (Å²) in [6, 6.07) is 3.74. The lowest BCUT2D eigenvalue weighted by Crippen LogP contribution is -2.10. The number of carbonyl (C=O) groups is 1. The van der Waals surface area contributed by atoms with E-state index >= 15 is 0 Å². The third kappa shape index (κ3) is 2.41. The molecule has 0 N–H and O–H groups in total. The van der Waals surface area contributed by atoms with E-state index in [1.165, 1.54) is 11.3 Å². The average Bonchev–Trinajstić information content (AvgIpc) is 2.49. The smallest absolute Gasteiger partial charge is 0.186 e. The lowest BCUT2D eigenvalue weighted by Gasteiger charge is -2.01. The van der Waals surface area contributed by atoms with Crippen molar-refractivity contribution < 1.29 is 4.79 Å². The third-order valence-corrected chi connectivity index (χ3v) is 4.16. The van der Waals surface area contributed by atoms with Crippen LogP contribution in [0.5, 0.6) is 0 Å². The first-order valence-corrected chi connectivity index (χ1v) is 6.11. The van der Waals surface area contributed by atoms with Crippen molar-refractivity contribution >= 4 is 49.0 Å². The molecule has 0 aliphatic carbocycles. The molecule has 4 heteroatoms. The van der Waals surface area contributed by atoms with Gasteiger partial charge in [0.15, 0.2) is 5.78 Å². The number of rotatable bonds is 3. The van der Waals surface area contributed by atoms with Gasteiger partial charge in [0, 0.05) is 0 Å². The van der Waals surface area contributed by atoms with Crippen LogP contribution < -0.4 is 0 Å². The molecule has 0 saturated carbocycles. The molecule has 12 heavy (non-hydrogen) atoms. The van der Waals surface area contributed by atoms with Crippen LogP contribution >= 0.6 is 43.2 Å². The van der Waals surface area contributed by atoms with Gasteiger partial charge in [-0.1, -0.05) is 22.9 Å². The second kappa shape index (κ2) is 4.53. The van der Waals surface area contributed by atoms with Gasteiger partial charge >= 0.3 is 0 Å². The zero-order chi connectivity index (χ0) is 9.14. The molecule has 1 nitrogen and oxygen atoms in total. The lowest BCUT2D eigenvalue weighted by molar-refractivity contribution is 0.0994. The van der Waals surface area contributed by atoms with Crippen LogP contribution in [0.15, 0.2) is 15.9 Å². The van der Waals surface area contributed by atoms with E-state index in [1.807, 2.05) is 19.1 Å². The first kappa shape index (κ1) is 10.4. The van der Waals surface area contributed by atoms with Gasteiger partial charge in [0.2, 0.25) is 0 Å². The van der Waals surface area contributed by atoms with Crippen molar-refractivity contribution in [2.24, 2.45) is 0 Å². The molecule has 0 amide bonds. The normalized spacial score (nSPS) is 12.9. The van der Waals surface area contributed by atoms with E-state index in [-0.39, 0.29) is 10.6 Å². The minimum absolute atomic E-state index is 0.0388. The molecular formula is C8H8Br2OS. The van der Waals surface area contributed by atoms with Crippen molar-refractivity contribution in [1.82, 2.24) is 0 Å². The average molecular weight is 312 g/mol. The molecule has 0 saturated heterocycles. The lowest BCUT2D eigenvalue weighted by atomic mass is 10.2. The minimum Gasteiger partial charge on any atom is -0.292 e. The number of halogens is 2. The Hall–Kier alpha value is 0.330. The van der Waals surface area contributed by atoms with Crippen molar-refractivity contribution in [3.63, 3.8) is 0 Å². The SMILES string of the molecule is CCC(Br)C(=O)c1ccc(Br)s1. The molecule has 0 radical (unpaired) electrons. The number of Topliss-reactive ketones (excluding diaryl/α,β-unsaturated/α-hetero) is 1. The van der Waals surface area contributed by atoms with Crippen LogP contribution in [0.25, 0.3) is 0 Å². The largest absolute Gasteiger partial charge is 0.292 e. The second-order valence-electron chi connectivity index (χ2n) is 2.34. The molecule has 0 aliphatic heterocycles. The third-order valence-electron chi connectivity index (χ3n) is 1.46. The summed E-state index contributed by atoms with van der Waals surface area (Å²) in [6.45, 7) is 1.99. The van der Waals surface area contributed by atoms with Crippen molar-refractivity contribution in [2.75, 3.05) is 0 Å². The Labute approximate surface area is 92.4 Å². The molecule has 0 aromatic carbocycles. The first-order valence-electron chi connectivity index (χ1n) is 3.58. The molecule has 1 aromatic rings. The Morgan fingerprint density at radius 3 is 2.75 bits per heavy atom. The number of alkyl halides is 1. The fourth-order valence-electron chi connectivity index (χ4n) is 0.786. The van der Waals surface area contributed by atoms with E-state index in [1.54, 1.807) is 0 Å². The van der Waals surface area contributed by atoms with E-state index in [4.69, 9.17) is 0 Å². The quantitative estimate of drug-likeness (QED) is 0.612. The van der Waals surface area contributed by atoms with Gasteiger partial charge in [-0.25, -0.2) is 0 Å². The molecular weight excluding hydrogens is 304 g/mol. The Kier molecular flexibility index (Phi) is 3.93. The van der Waals surface area contributed by atoms with E-state index in [9.17, 15) is 4.79 Å². The highest BCUT2D eigenvalue weighted by Crippen LogP contribution is 2.25. The molecule has 1 rings (SSSR count). The highest BCUT2D eigenvalue weighted by atomic mass is 79.9. The van der Waals surface area contributed by atoms with Crippen LogP contribution in [0.3, 0.4) is 0 Å². The van der Waals surface area contributed by atoms with Gasteiger partial charge < -0.3 is 0 Å². The van der Waals surface area contributed by atoms with Crippen LogP contribution in [0.4, 0.5) is 0 Å². The summed E-state index contributed by atoms with van der Waals surface area (Å²) in [4.78, 5) is 12.3. The summed E-state index contributed by atoms with van der Waals surface area (Å²) in [7, 11) is 0. The summed E-state index contributed by atoms with van der Waals surface area (Å²) < 4.78 is 1.00. The van der Waals surface area contributed by atoms with Crippen LogP contribution in [0.1, 0.15) is 23.0 Å². The first-order chi connectivity index (χ1) is 5.65. The minimum atomic E-state index is -0.0388. The zero-order valence-electron chi connectivity index (χ0n) is 6.51. The molecule has 0 fully saturated rings. The van der Waals surface area contributed by atoms with Gasteiger partial charge in [0.25, 0.3) is 0 Å². The molecule has 1 aromatic heterocycles.